The number of rotatable bonds is 6. The molecule has 0 bridgehead atoms. The van der Waals surface area contributed by atoms with E-state index in [1.165, 1.54) is 4.57 Å². The monoisotopic (exact) mass is 439 g/mol. The summed E-state index contributed by atoms with van der Waals surface area (Å²) in [7, 11) is 0. The van der Waals surface area contributed by atoms with Gasteiger partial charge in [-0.25, -0.2) is 8.78 Å². The number of halogens is 3. The fourth-order valence-electron chi connectivity index (χ4n) is 3.82. The van der Waals surface area contributed by atoms with Gasteiger partial charge in [0.25, 0.3) is 5.91 Å². The molecule has 1 aromatic heterocycles. The standard InChI is InChI=1S/C20H20ClF2N3O4/c1-3-24-12-6-9(2)26-13(8-27)18(28)19(29)14(17(12)26)20(30)25-7-10-4-5-11(22)15(21)16(10)23/h4-5,8-9,12,24,28H,3,6-7H2,1-2H3,(H,25,30)/t9-,12?/m0/s1. The van der Waals surface area contributed by atoms with E-state index >= 15 is 0 Å². The number of carbonyl (C=O) groups is 2. The van der Waals surface area contributed by atoms with Crippen molar-refractivity contribution in [2.75, 3.05) is 6.54 Å². The zero-order chi connectivity index (χ0) is 22.2. The van der Waals surface area contributed by atoms with E-state index < -0.39 is 39.8 Å². The van der Waals surface area contributed by atoms with Gasteiger partial charge in [0, 0.05) is 18.2 Å². The highest BCUT2D eigenvalue weighted by atomic mass is 35.5. The first-order chi connectivity index (χ1) is 14.2. The maximum absolute atomic E-state index is 14.1. The molecule has 30 heavy (non-hydrogen) atoms. The molecule has 0 fully saturated rings. The number of benzene rings is 1. The first-order valence-electron chi connectivity index (χ1n) is 9.33. The molecule has 0 saturated heterocycles. The first-order valence-corrected chi connectivity index (χ1v) is 9.71. The zero-order valence-electron chi connectivity index (χ0n) is 16.3. The molecule has 7 nitrogen and oxygen atoms in total. The molecule has 2 aromatic rings. The van der Waals surface area contributed by atoms with Crippen LogP contribution in [0.15, 0.2) is 16.9 Å². The van der Waals surface area contributed by atoms with Crippen molar-refractivity contribution >= 4 is 23.8 Å². The number of aromatic hydroxyl groups is 1. The molecule has 2 heterocycles. The topological polar surface area (TPSA) is 100 Å². The minimum Gasteiger partial charge on any atom is -0.503 e. The van der Waals surface area contributed by atoms with Gasteiger partial charge in [0.05, 0.1) is 11.7 Å². The van der Waals surface area contributed by atoms with Gasteiger partial charge in [-0.2, -0.15) is 0 Å². The Morgan fingerprint density at radius 3 is 2.73 bits per heavy atom. The molecule has 1 aliphatic rings. The van der Waals surface area contributed by atoms with Crippen LogP contribution in [0.5, 0.6) is 5.75 Å². The largest absolute Gasteiger partial charge is 0.503 e. The first kappa shape index (κ1) is 21.9. The van der Waals surface area contributed by atoms with Gasteiger partial charge in [-0.05, 0) is 26.0 Å². The average Bonchev–Trinajstić information content (AvgIpc) is 3.02. The molecule has 2 atom stereocenters. The second-order valence-electron chi connectivity index (χ2n) is 7.02. The molecule has 160 valence electrons. The lowest BCUT2D eigenvalue weighted by Gasteiger charge is -2.19. The molecule has 0 saturated carbocycles. The predicted molar refractivity (Wildman–Crippen MR) is 106 cm³/mol. The normalized spacial score (nSPS) is 17.6. The number of hydrogen-bond acceptors (Lipinski definition) is 5. The molecule has 1 amide bonds. The number of pyridine rings is 1. The fourth-order valence-corrected chi connectivity index (χ4v) is 4.00. The third-order valence-electron chi connectivity index (χ3n) is 5.15. The molecular weight excluding hydrogens is 420 g/mol. The van der Waals surface area contributed by atoms with Gasteiger partial charge < -0.3 is 20.3 Å². The van der Waals surface area contributed by atoms with Gasteiger partial charge in [0.2, 0.25) is 5.43 Å². The van der Waals surface area contributed by atoms with Crippen molar-refractivity contribution < 1.29 is 23.5 Å². The van der Waals surface area contributed by atoms with E-state index in [1.54, 1.807) is 6.92 Å². The third-order valence-corrected chi connectivity index (χ3v) is 5.50. The molecule has 1 aliphatic heterocycles. The number of amides is 1. The number of nitrogens with one attached hydrogen (secondary N) is 2. The highest BCUT2D eigenvalue weighted by Gasteiger charge is 2.37. The van der Waals surface area contributed by atoms with E-state index in [-0.39, 0.29) is 35.1 Å². The SMILES string of the molecule is CCNC1C[C@H](C)n2c(C=O)c(O)c(=O)c(C(=O)NCc3ccc(F)c(Cl)c3F)c21. The average molecular weight is 440 g/mol. The Kier molecular flexibility index (Phi) is 6.23. The lowest BCUT2D eigenvalue weighted by molar-refractivity contribution is 0.0945. The summed E-state index contributed by atoms with van der Waals surface area (Å²) in [6.45, 7) is 3.84. The quantitative estimate of drug-likeness (QED) is 0.474. The van der Waals surface area contributed by atoms with Gasteiger partial charge in [-0.15, -0.1) is 0 Å². The van der Waals surface area contributed by atoms with Gasteiger partial charge in [-0.3, -0.25) is 14.4 Å². The second-order valence-corrected chi connectivity index (χ2v) is 7.40. The predicted octanol–water partition coefficient (Wildman–Crippen LogP) is 2.84. The number of hydrogen-bond donors (Lipinski definition) is 3. The van der Waals surface area contributed by atoms with Crippen molar-refractivity contribution in [3.05, 3.63) is 61.5 Å². The van der Waals surface area contributed by atoms with Crippen LogP contribution in [0.1, 0.15) is 64.5 Å². The maximum Gasteiger partial charge on any atom is 0.257 e. The smallest absolute Gasteiger partial charge is 0.257 e. The summed E-state index contributed by atoms with van der Waals surface area (Å²) in [4.78, 5) is 37.1. The van der Waals surface area contributed by atoms with Crippen molar-refractivity contribution in [2.24, 2.45) is 0 Å². The van der Waals surface area contributed by atoms with Crippen LogP contribution in [0.4, 0.5) is 8.78 Å². The summed E-state index contributed by atoms with van der Waals surface area (Å²) in [5, 5.41) is 15.1. The van der Waals surface area contributed by atoms with Crippen molar-refractivity contribution in [3.8, 4) is 5.75 Å². The molecule has 0 aliphatic carbocycles. The van der Waals surface area contributed by atoms with E-state index in [2.05, 4.69) is 10.6 Å². The van der Waals surface area contributed by atoms with Crippen LogP contribution in [0.25, 0.3) is 0 Å². The van der Waals surface area contributed by atoms with Gasteiger partial charge in [0.15, 0.2) is 12.0 Å². The Morgan fingerprint density at radius 2 is 2.10 bits per heavy atom. The van der Waals surface area contributed by atoms with E-state index in [4.69, 9.17) is 11.6 Å². The van der Waals surface area contributed by atoms with Crippen molar-refractivity contribution in [1.29, 1.82) is 0 Å². The summed E-state index contributed by atoms with van der Waals surface area (Å²) in [6, 6.07) is 1.45. The Labute approximate surface area is 175 Å². The minimum atomic E-state index is -1.02. The second kappa shape index (κ2) is 8.53. The maximum atomic E-state index is 14.1. The Hall–Kier alpha value is -2.78. The summed E-state index contributed by atoms with van der Waals surface area (Å²) < 4.78 is 28.9. The molecule has 1 aromatic carbocycles. The molecule has 10 heteroatoms. The van der Waals surface area contributed by atoms with Gasteiger partial charge >= 0.3 is 0 Å². The zero-order valence-corrected chi connectivity index (χ0v) is 17.0. The summed E-state index contributed by atoms with van der Waals surface area (Å²) >= 11 is 5.55. The van der Waals surface area contributed by atoms with E-state index in [0.717, 1.165) is 12.1 Å². The summed E-state index contributed by atoms with van der Waals surface area (Å²) in [5.74, 6) is -3.62. The Balaban J connectivity index is 2.04. The van der Waals surface area contributed by atoms with Crippen LogP contribution >= 0.6 is 11.6 Å². The Morgan fingerprint density at radius 1 is 1.40 bits per heavy atom. The summed E-state index contributed by atoms with van der Waals surface area (Å²) in [5.41, 5.74) is -1.31. The number of carbonyl (C=O) groups excluding carboxylic acids is 2. The van der Waals surface area contributed by atoms with Crippen LogP contribution in [-0.2, 0) is 6.54 Å². The summed E-state index contributed by atoms with van der Waals surface area (Å²) in [6.07, 6.45) is 0.878. The van der Waals surface area contributed by atoms with Crippen LogP contribution in [-0.4, -0.2) is 28.4 Å². The highest BCUT2D eigenvalue weighted by molar-refractivity contribution is 6.30. The van der Waals surface area contributed by atoms with E-state index in [0.29, 0.717) is 19.3 Å². The van der Waals surface area contributed by atoms with Crippen LogP contribution < -0.4 is 16.1 Å². The molecule has 3 N–H and O–H groups in total. The lowest BCUT2D eigenvalue weighted by atomic mass is 10.0. The Bertz CT molecular complexity index is 1090. The number of nitrogens with zero attached hydrogens (tertiary/aromatic N) is 1. The van der Waals surface area contributed by atoms with Crippen molar-refractivity contribution in [1.82, 2.24) is 15.2 Å². The lowest BCUT2D eigenvalue weighted by Crippen LogP contribution is -2.34. The van der Waals surface area contributed by atoms with Crippen LogP contribution in [0.2, 0.25) is 5.02 Å². The molecule has 3 rings (SSSR count). The molecule has 0 radical (unpaired) electrons. The number of aldehydes is 1. The van der Waals surface area contributed by atoms with Crippen molar-refractivity contribution in [3.63, 3.8) is 0 Å². The van der Waals surface area contributed by atoms with E-state index in [9.17, 15) is 28.3 Å². The molecule has 0 spiro atoms. The van der Waals surface area contributed by atoms with Crippen LogP contribution in [0.3, 0.4) is 0 Å². The minimum absolute atomic E-state index is 0.0724. The number of fused-ring (bicyclic) bond motifs is 1. The van der Waals surface area contributed by atoms with Crippen molar-refractivity contribution in [2.45, 2.75) is 38.9 Å². The van der Waals surface area contributed by atoms with Gasteiger partial charge in [0.1, 0.15) is 27.9 Å². The molecule has 1 unspecified atom stereocenters. The van der Waals surface area contributed by atoms with Crippen LogP contribution in [0, 0.1) is 11.6 Å². The molecular formula is C20H20ClF2N3O4. The number of aromatic nitrogens is 1. The highest BCUT2D eigenvalue weighted by Crippen LogP contribution is 2.38. The fraction of sp³-hybridized carbons (Fsp3) is 0.350. The third kappa shape index (κ3) is 3.59. The van der Waals surface area contributed by atoms with E-state index in [1.807, 2.05) is 6.92 Å². The van der Waals surface area contributed by atoms with Gasteiger partial charge in [-0.1, -0.05) is 24.6 Å².